The average molecular weight is 318 g/mol. The van der Waals surface area contributed by atoms with Crippen molar-refractivity contribution in [3.05, 3.63) is 59.9 Å². The monoisotopic (exact) mass is 318 g/mol. The van der Waals surface area contributed by atoms with Crippen molar-refractivity contribution in [3.63, 3.8) is 0 Å². The van der Waals surface area contributed by atoms with Gasteiger partial charge in [-0.2, -0.15) is 0 Å². The van der Waals surface area contributed by atoms with E-state index in [1.807, 2.05) is 24.3 Å². The number of hydrogen-bond acceptors (Lipinski definition) is 3. The molecule has 5 N–H and O–H groups in total. The zero-order chi connectivity index (χ0) is 16.7. The van der Waals surface area contributed by atoms with Crippen LogP contribution in [0.5, 0.6) is 0 Å². The molecule has 0 aliphatic heterocycles. The minimum atomic E-state index is -0.240. The molecule has 0 aliphatic carbocycles. The summed E-state index contributed by atoms with van der Waals surface area (Å²) >= 11 is 0. The number of hydrogen-bond donors (Lipinski definition) is 4. The van der Waals surface area contributed by atoms with Crippen LogP contribution in [-0.2, 0) is 0 Å². The number of carbonyl (C=O) groups excluding carboxylic acids is 2. The fraction of sp³-hybridized carbons (Fsp3) is 0. The molecule has 0 bridgehead atoms. The number of nitrogen functional groups attached to an aromatic ring is 1. The second-order valence-electron chi connectivity index (χ2n) is 5.63. The van der Waals surface area contributed by atoms with Crippen molar-refractivity contribution in [2.45, 2.75) is 0 Å². The van der Waals surface area contributed by atoms with Crippen molar-refractivity contribution < 1.29 is 9.59 Å². The minimum absolute atomic E-state index is 0.240. The molecule has 4 rings (SSSR count). The van der Waals surface area contributed by atoms with Crippen molar-refractivity contribution in [2.75, 3.05) is 11.1 Å². The first kappa shape index (κ1) is 14.1. The van der Waals surface area contributed by atoms with Crippen LogP contribution in [0.4, 0.5) is 11.4 Å². The molecule has 0 saturated heterocycles. The Morgan fingerprint density at radius 1 is 0.958 bits per heavy atom. The Kier molecular flexibility index (Phi) is 3.09. The van der Waals surface area contributed by atoms with Crippen molar-refractivity contribution in [3.8, 4) is 0 Å². The summed E-state index contributed by atoms with van der Waals surface area (Å²) in [4.78, 5) is 29.3. The van der Waals surface area contributed by atoms with E-state index in [2.05, 4.69) is 15.3 Å². The van der Waals surface area contributed by atoms with Crippen LogP contribution in [0.1, 0.15) is 21.0 Å². The first-order valence-electron chi connectivity index (χ1n) is 7.40. The Hall–Kier alpha value is -3.54. The standard InChI is InChI=1S/C18H14N4O2/c19-12-1-3-16-10(5-12)8-17(22-16)18(24)21-13-2-4-15-11(6-13)7-14(9-23)20-15/h1-9,20,22H,19H2,(H,21,24). The number of fused-ring (bicyclic) bond motifs is 2. The normalized spacial score (nSPS) is 11.0. The highest BCUT2D eigenvalue weighted by Gasteiger charge is 2.11. The number of aromatic amines is 2. The molecule has 0 aliphatic rings. The smallest absolute Gasteiger partial charge is 0.272 e. The summed E-state index contributed by atoms with van der Waals surface area (Å²) in [6.45, 7) is 0. The van der Waals surface area contributed by atoms with Gasteiger partial charge < -0.3 is 21.0 Å². The van der Waals surface area contributed by atoms with E-state index in [9.17, 15) is 9.59 Å². The number of nitrogens with one attached hydrogen (secondary N) is 3. The molecule has 0 atom stereocenters. The fourth-order valence-corrected chi connectivity index (χ4v) is 2.77. The number of benzene rings is 2. The third-order valence-electron chi connectivity index (χ3n) is 3.92. The van der Waals surface area contributed by atoms with Crippen molar-refractivity contribution >= 4 is 45.4 Å². The molecule has 2 heterocycles. The molecule has 0 radical (unpaired) electrons. The van der Waals surface area contributed by atoms with Gasteiger partial charge >= 0.3 is 0 Å². The SMILES string of the molecule is Nc1ccc2[nH]c(C(=O)Nc3ccc4[nH]c(C=O)cc4c3)cc2c1. The first-order chi connectivity index (χ1) is 11.6. The van der Waals surface area contributed by atoms with Gasteiger partial charge in [0.1, 0.15) is 5.69 Å². The van der Waals surface area contributed by atoms with Gasteiger partial charge in [0.05, 0.1) is 5.69 Å². The van der Waals surface area contributed by atoms with Crippen LogP contribution >= 0.6 is 0 Å². The van der Waals surface area contributed by atoms with Crippen LogP contribution in [0, 0.1) is 0 Å². The molecule has 0 spiro atoms. The number of H-pyrrole nitrogens is 2. The molecular weight excluding hydrogens is 304 g/mol. The number of anilines is 2. The summed E-state index contributed by atoms with van der Waals surface area (Å²) in [5, 5.41) is 4.60. The van der Waals surface area contributed by atoms with E-state index in [0.29, 0.717) is 22.8 Å². The van der Waals surface area contributed by atoms with E-state index in [-0.39, 0.29) is 5.91 Å². The summed E-state index contributed by atoms with van der Waals surface area (Å²) in [6.07, 6.45) is 0.758. The number of carbonyl (C=O) groups is 2. The quantitative estimate of drug-likeness (QED) is 0.344. The van der Waals surface area contributed by atoms with Crippen molar-refractivity contribution in [1.29, 1.82) is 0 Å². The lowest BCUT2D eigenvalue weighted by molar-refractivity contribution is 0.102. The van der Waals surface area contributed by atoms with Crippen LogP contribution in [0.3, 0.4) is 0 Å². The van der Waals surface area contributed by atoms with Crippen molar-refractivity contribution in [1.82, 2.24) is 9.97 Å². The van der Waals surface area contributed by atoms with E-state index < -0.39 is 0 Å². The highest BCUT2D eigenvalue weighted by Crippen LogP contribution is 2.22. The van der Waals surface area contributed by atoms with Gasteiger partial charge in [0, 0.05) is 33.2 Å². The molecular formula is C18H14N4O2. The van der Waals surface area contributed by atoms with Crippen LogP contribution in [0.2, 0.25) is 0 Å². The maximum atomic E-state index is 12.4. The van der Waals surface area contributed by atoms with E-state index in [4.69, 9.17) is 5.73 Å². The third-order valence-corrected chi connectivity index (χ3v) is 3.92. The number of amides is 1. The maximum Gasteiger partial charge on any atom is 0.272 e. The molecule has 24 heavy (non-hydrogen) atoms. The Balaban J connectivity index is 1.63. The van der Waals surface area contributed by atoms with Gasteiger partial charge in [0.2, 0.25) is 0 Å². The van der Waals surface area contributed by atoms with E-state index in [0.717, 1.165) is 28.1 Å². The number of rotatable bonds is 3. The van der Waals surface area contributed by atoms with Gasteiger partial charge in [-0.15, -0.1) is 0 Å². The predicted octanol–water partition coefficient (Wildman–Crippen LogP) is 3.30. The topological polar surface area (TPSA) is 104 Å². The van der Waals surface area contributed by atoms with Crippen LogP contribution < -0.4 is 11.1 Å². The number of aromatic nitrogens is 2. The third kappa shape index (κ3) is 2.40. The highest BCUT2D eigenvalue weighted by molar-refractivity contribution is 6.07. The largest absolute Gasteiger partial charge is 0.399 e. The molecule has 0 fully saturated rings. The molecule has 4 aromatic rings. The highest BCUT2D eigenvalue weighted by atomic mass is 16.1. The molecule has 118 valence electrons. The Morgan fingerprint density at radius 3 is 2.54 bits per heavy atom. The summed E-state index contributed by atoms with van der Waals surface area (Å²) < 4.78 is 0. The van der Waals surface area contributed by atoms with Gasteiger partial charge in [-0.3, -0.25) is 9.59 Å². The van der Waals surface area contributed by atoms with E-state index in [1.54, 1.807) is 24.3 Å². The second-order valence-corrected chi connectivity index (χ2v) is 5.63. The molecule has 0 unspecified atom stereocenters. The Morgan fingerprint density at radius 2 is 1.71 bits per heavy atom. The van der Waals surface area contributed by atoms with Crippen molar-refractivity contribution in [2.24, 2.45) is 0 Å². The van der Waals surface area contributed by atoms with Gasteiger partial charge in [-0.25, -0.2) is 0 Å². The molecule has 1 amide bonds. The Bertz CT molecular complexity index is 1090. The lowest BCUT2D eigenvalue weighted by atomic mass is 10.2. The van der Waals surface area contributed by atoms with Gasteiger partial charge in [0.15, 0.2) is 6.29 Å². The molecule has 2 aromatic carbocycles. The molecule has 6 heteroatoms. The average Bonchev–Trinajstić information content (AvgIpc) is 3.17. The Labute approximate surface area is 136 Å². The van der Waals surface area contributed by atoms with Crippen LogP contribution in [-0.4, -0.2) is 22.2 Å². The fourth-order valence-electron chi connectivity index (χ4n) is 2.77. The molecule has 6 nitrogen and oxygen atoms in total. The maximum absolute atomic E-state index is 12.4. The molecule has 2 aromatic heterocycles. The predicted molar refractivity (Wildman–Crippen MR) is 94.4 cm³/mol. The number of aldehydes is 1. The minimum Gasteiger partial charge on any atom is -0.399 e. The van der Waals surface area contributed by atoms with Gasteiger partial charge in [0.25, 0.3) is 5.91 Å². The lowest BCUT2D eigenvalue weighted by Gasteiger charge is -2.03. The van der Waals surface area contributed by atoms with Gasteiger partial charge in [-0.05, 0) is 48.5 Å². The summed E-state index contributed by atoms with van der Waals surface area (Å²) in [5.74, 6) is -0.240. The van der Waals surface area contributed by atoms with E-state index in [1.165, 1.54) is 0 Å². The summed E-state index contributed by atoms with van der Waals surface area (Å²) in [5.41, 5.74) is 9.72. The molecule has 0 saturated carbocycles. The number of nitrogens with two attached hydrogens (primary N) is 1. The second kappa shape index (κ2) is 5.27. The summed E-state index contributed by atoms with van der Waals surface area (Å²) in [7, 11) is 0. The first-order valence-corrected chi connectivity index (χ1v) is 7.40. The zero-order valence-corrected chi connectivity index (χ0v) is 12.6. The van der Waals surface area contributed by atoms with Gasteiger partial charge in [-0.1, -0.05) is 0 Å². The van der Waals surface area contributed by atoms with Crippen LogP contribution in [0.15, 0.2) is 48.5 Å². The summed E-state index contributed by atoms with van der Waals surface area (Å²) in [6, 6.07) is 14.4. The zero-order valence-electron chi connectivity index (χ0n) is 12.6. The van der Waals surface area contributed by atoms with E-state index >= 15 is 0 Å². The van der Waals surface area contributed by atoms with Crippen LogP contribution in [0.25, 0.3) is 21.8 Å². The lowest BCUT2D eigenvalue weighted by Crippen LogP contribution is -2.11.